The average molecular weight is 321 g/mol. The highest BCUT2D eigenvalue weighted by molar-refractivity contribution is 9.10. The zero-order chi connectivity index (χ0) is 13.7. The molecule has 0 fully saturated rings. The van der Waals surface area contributed by atoms with E-state index in [1.807, 2.05) is 13.8 Å². The molecule has 2 aromatic rings. The van der Waals surface area contributed by atoms with Gasteiger partial charge in [-0.3, -0.25) is 0 Å². The van der Waals surface area contributed by atoms with Crippen molar-refractivity contribution in [1.29, 1.82) is 0 Å². The first-order valence-corrected chi connectivity index (χ1v) is 6.26. The Labute approximate surface area is 111 Å². The molecule has 0 atom stereocenters. The van der Waals surface area contributed by atoms with Gasteiger partial charge in [-0.2, -0.15) is 13.2 Å². The SMILES string of the molecule is Cc1nc2cc(Br)cc(C(F)(F)F)c2n1C(C)C. The van der Waals surface area contributed by atoms with Gasteiger partial charge in [-0.15, -0.1) is 0 Å². The fourth-order valence-corrected chi connectivity index (χ4v) is 2.61. The Morgan fingerprint density at radius 3 is 2.39 bits per heavy atom. The van der Waals surface area contributed by atoms with Crippen LogP contribution >= 0.6 is 15.9 Å². The molecule has 0 aliphatic heterocycles. The fraction of sp³-hybridized carbons (Fsp3) is 0.417. The summed E-state index contributed by atoms with van der Waals surface area (Å²) in [6.07, 6.45) is -4.39. The summed E-state index contributed by atoms with van der Waals surface area (Å²) < 4.78 is 41.3. The summed E-state index contributed by atoms with van der Waals surface area (Å²) in [6, 6.07) is 2.64. The van der Waals surface area contributed by atoms with E-state index in [0.717, 1.165) is 6.07 Å². The number of aromatic nitrogens is 2. The molecule has 1 aromatic carbocycles. The van der Waals surface area contributed by atoms with E-state index >= 15 is 0 Å². The van der Waals surface area contributed by atoms with Crippen LogP contribution in [0.4, 0.5) is 13.2 Å². The van der Waals surface area contributed by atoms with Crippen LogP contribution in [0.25, 0.3) is 11.0 Å². The maximum atomic E-state index is 13.1. The van der Waals surface area contributed by atoms with Crippen molar-refractivity contribution in [3.63, 3.8) is 0 Å². The highest BCUT2D eigenvalue weighted by Gasteiger charge is 2.35. The number of aryl methyl sites for hydroxylation is 1. The third-order valence-corrected chi connectivity index (χ3v) is 3.21. The number of rotatable bonds is 1. The Bertz CT molecular complexity index is 599. The van der Waals surface area contributed by atoms with Crippen molar-refractivity contribution in [2.45, 2.75) is 33.0 Å². The smallest absolute Gasteiger partial charge is 0.325 e. The Balaban J connectivity index is 2.92. The molecule has 6 heteroatoms. The molecular formula is C12H12BrF3N2. The fourth-order valence-electron chi connectivity index (χ4n) is 2.16. The summed E-state index contributed by atoms with van der Waals surface area (Å²) >= 11 is 3.10. The van der Waals surface area contributed by atoms with E-state index in [4.69, 9.17) is 0 Å². The number of alkyl halides is 3. The molecule has 0 radical (unpaired) electrons. The van der Waals surface area contributed by atoms with Crippen LogP contribution in [-0.2, 0) is 6.18 Å². The molecule has 0 saturated carbocycles. The average Bonchev–Trinajstić information content (AvgIpc) is 2.50. The van der Waals surface area contributed by atoms with Crippen LogP contribution in [0.3, 0.4) is 0 Å². The monoisotopic (exact) mass is 320 g/mol. The van der Waals surface area contributed by atoms with Gasteiger partial charge >= 0.3 is 6.18 Å². The Morgan fingerprint density at radius 2 is 1.89 bits per heavy atom. The quantitative estimate of drug-likeness (QED) is 0.744. The van der Waals surface area contributed by atoms with Gasteiger partial charge in [0.15, 0.2) is 0 Å². The first-order chi connectivity index (χ1) is 8.21. The van der Waals surface area contributed by atoms with Gasteiger partial charge in [0.05, 0.1) is 16.6 Å². The normalized spacial score (nSPS) is 12.7. The van der Waals surface area contributed by atoms with Gasteiger partial charge in [-0.25, -0.2) is 4.98 Å². The molecule has 2 nitrogen and oxygen atoms in total. The summed E-state index contributed by atoms with van der Waals surface area (Å²) in [7, 11) is 0. The van der Waals surface area contributed by atoms with Gasteiger partial charge in [-0.1, -0.05) is 15.9 Å². The predicted octanol–water partition coefficient (Wildman–Crippen LogP) is 4.71. The van der Waals surface area contributed by atoms with Gasteiger partial charge < -0.3 is 4.57 Å². The van der Waals surface area contributed by atoms with Crippen LogP contribution in [0.1, 0.15) is 31.3 Å². The summed E-state index contributed by atoms with van der Waals surface area (Å²) in [6.45, 7) is 5.40. The van der Waals surface area contributed by atoms with E-state index in [1.54, 1.807) is 17.6 Å². The van der Waals surface area contributed by atoms with Crippen LogP contribution in [0.2, 0.25) is 0 Å². The topological polar surface area (TPSA) is 17.8 Å². The van der Waals surface area contributed by atoms with Crippen LogP contribution in [-0.4, -0.2) is 9.55 Å². The summed E-state index contributed by atoms with van der Waals surface area (Å²) in [4.78, 5) is 4.20. The molecule has 0 saturated heterocycles. The van der Waals surface area contributed by atoms with Crippen molar-refractivity contribution in [3.05, 3.63) is 28.0 Å². The number of hydrogen-bond acceptors (Lipinski definition) is 1. The van der Waals surface area contributed by atoms with Crippen molar-refractivity contribution < 1.29 is 13.2 Å². The highest BCUT2D eigenvalue weighted by atomic mass is 79.9. The van der Waals surface area contributed by atoms with Crippen LogP contribution in [0, 0.1) is 6.92 Å². The molecule has 18 heavy (non-hydrogen) atoms. The maximum Gasteiger partial charge on any atom is 0.418 e. The number of nitrogens with zero attached hydrogens (tertiary/aromatic N) is 2. The molecule has 0 amide bonds. The summed E-state index contributed by atoms with van der Waals surface area (Å²) in [5.74, 6) is 0.587. The Kier molecular flexibility index (Phi) is 3.17. The number of halogens is 4. The predicted molar refractivity (Wildman–Crippen MR) is 67.6 cm³/mol. The highest BCUT2D eigenvalue weighted by Crippen LogP contribution is 2.38. The second-order valence-electron chi connectivity index (χ2n) is 4.44. The Morgan fingerprint density at radius 1 is 1.28 bits per heavy atom. The minimum Gasteiger partial charge on any atom is -0.325 e. The van der Waals surface area contributed by atoms with Gasteiger partial charge in [0.1, 0.15) is 5.82 Å². The van der Waals surface area contributed by atoms with E-state index in [9.17, 15) is 13.2 Å². The molecule has 0 aliphatic carbocycles. The van der Waals surface area contributed by atoms with Crippen molar-refractivity contribution >= 4 is 27.0 Å². The van der Waals surface area contributed by atoms with E-state index < -0.39 is 11.7 Å². The minimum absolute atomic E-state index is 0.0720. The molecule has 0 bridgehead atoms. The van der Waals surface area contributed by atoms with Gasteiger partial charge in [0.2, 0.25) is 0 Å². The van der Waals surface area contributed by atoms with Crippen LogP contribution in [0.5, 0.6) is 0 Å². The van der Waals surface area contributed by atoms with Gasteiger partial charge in [-0.05, 0) is 32.9 Å². The third kappa shape index (κ3) is 2.13. The first kappa shape index (κ1) is 13.4. The molecule has 2 rings (SSSR count). The standard InChI is InChI=1S/C12H12BrF3N2/c1-6(2)18-7(3)17-10-5-8(13)4-9(11(10)18)12(14,15)16/h4-6H,1-3H3. The van der Waals surface area contributed by atoms with Crippen molar-refractivity contribution in [2.75, 3.05) is 0 Å². The molecule has 98 valence electrons. The lowest BCUT2D eigenvalue weighted by molar-refractivity contribution is -0.136. The first-order valence-electron chi connectivity index (χ1n) is 5.47. The van der Waals surface area contributed by atoms with E-state index in [2.05, 4.69) is 20.9 Å². The van der Waals surface area contributed by atoms with Gasteiger partial charge in [0, 0.05) is 10.5 Å². The van der Waals surface area contributed by atoms with Crippen LogP contribution < -0.4 is 0 Å². The number of hydrogen-bond donors (Lipinski definition) is 0. The molecule has 0 unspecified atom stereocenters. The Hall–Kier alpha value is -1.04. The second kappa shape index (κ2) is 4.26. The number of benzene rings is 1. The lowest BCUT2D eigenvalue weighted by Crippen LogP contribution is -2.11. The van der Waals surface area contributed by atoms with Gasteiger partial charge in [0.25, 0.3) is 0 Å². The molecular weight excluding hydrogens is 309 g/mol. The number of fused-ring (bicyclic) bond motifs is 1. The molecule has 1 heterocycles. The number of imidazole rings is 1. The zero-order valence-corrected chi connectivity index (χ0v) is 11.7. The molecule has 1 aromatic heterocycles. The summed E-state index contributed by atoms with van der Waals surface area (Å²) in [5, 5.41) is 0. The van der Waals surface area contributed by atoms with Crippen LogP contribution in [0.15, 0.2) is 16.6 Å². The summed E-state index contributed by atoms with van der Waals surface area (Å²) in [5.41, 5.74) is -0.137. The van der Waals surface area contributed by atoms with Crippen molar-refractivity contribution in [2.24, 2.45) is 0 Å². The lowest BCUT2D eigenvalue weighted by Gasteiger charge is -2.15. The van der Waals surface area contributed by atoms with Crippen molar-refractivity contribution in [1.82, 2.24) is 9.55 Å². The lowest BCUT2D eigenvalue weighted by atomic mass is 10.1. The van der Waals surface area contributed by atoms with E-state index in [0.29, 0.717) is 15.8 Å². The molecule has 0 N–H and O–H groups in total. The second-order valence-corrected chi connectivity index (χ2v) is 5.36. The van der Waals surface area contributed by atoms with E-state index in [1.165, 1.54) is 0 Å². The van der Waals surface area contributed by atoms with E-state index in [-0.39, 0.29) is 11.6 Å². The maximum absolute atomic E-state index is 13.1. The third-order valence-electron chi connectivity index (χ3n) is 2.75. The molecule has 0 spiro atoms. The zero-order valence-electron chi connectivity index (χ0n) is 10.1. The van der Waals surface area contributed by atoms with Crippen molar-refractivity contribution in [3.8, 4) is 0 Å². The molecule has 0 aliphatic rings. The minimum atomic E-state index is -4.39. The largest absolute Gasteiger partial charge is 0.418 e.